The molecule has 0 saturated carbocycles. The molecule has 0 aliphatic carbocycles. The number of ether oxygens (including phenoxy) is 1. The van der Waals surface area contributed by atoms with Crippen molar-refractivity contribution in [3.8, 4) is 0 Å². The maximum atomic E-state index is 13.7. The molecule has 2 aromatic heterocycles. The number of imidazole rings is 1. The Balaban J connectivity index is 1.69. The molecule has 4 aromatic rings. The SMILES string of the molecule is COCC(=O)Nc1cc(C(=O)N(C)Cc2cn(C)nc2C)c2c(c1)ncn2CCc1ccccc1. The number of carbonyl (C=O) groups excluding carboxylic acids is 2. The standard InChI is InChI=1S/C26H30N6O3/c1-18-20(15-31(3)29-18)14-30(2)26(34)22-12-21(28-24(33)16-35-4)13-23-25(22)32(17-27-23)11-10-19-8-6-5-7-9-19/h5-9,12-13,15,17H,10-11,14,16H2,1-4H3,(H,28,33). The quantitative estimate of drug-likeness (QED) is 0.402. The first-order chi connectivity index (χ1) is 16.9. The third kappa shape index (κ3) is 5.58. The fraction of sp³-hybridized carbons (Fsp3) is 0.308. The summed E-state index contributed by atoms with van der Waals surface area (Å²) >= 11 is 0. The monoisotopic (exact) mass is 474 g/mol. The first-order valence-corrected chi connectivity index (χ1v) is 11.4. The molecule has 9 nitrogen and oxygen atoms in total. The van der Waals surface area contributed by atoms with Crippen LogP contribution in [-0.4, -0.2) is 56.8 Å². The van der Waals surface area contributed by atoms with E-state index in [9.17, 15) is 9.59 Å². The largest absolute Gasteiger partial charge is 0.375 e. The van der Waals surface area contributed by atoms with Crippen LogP contribution in [0, 0.1) is 6.92 Å². The Labute approximate surface area is 204 Å². The van der Waals surface area contributed by atoms with Gasteiger partial charge in [0, 0.05) is 51.7 Å². The summed E-state index contributed by atoms with van der Waals surface area (Å²) in [5, 5.41) is 7.18. The van der Waals surface area contributed by atoms with Gasteiger partial charge in [0.1, 0.15) is 6.61 Å². The van der Waals surface area contributed by atoms with Crippen molar-refractivity contribution >= 4 is 28.5 Å². The fourth-order valence-corrected chi connectivity index (χ4v) is 4.17. The number of aromatic nitrogens is 4. The highest BCUT2D eigenvalue weighted by Crippen LogP contribution is 2.26. The lowest BCUT2D eigenvalue weighted by Gasteiger charge is -2.19. The van der Waals surface area contributed by atoms with Crippen LogP contribution in [0.5, 0.6) is 0 Å². The summed E-state index contributed by atoms with van der Waals surface area (Å²) in [6.07, 6.45) is 4.47. The van der Waals surface area contributed by atoms with E-state index >= 15 is 0 Å². The lowest BCUT2D eigenvalue weighted by Crippen LogP contribution is -2.27. The van der Waals surface area contributed by atoms with Gasteiger partial charge in [0.05, 0.1) is 28.6 Å². The van der Waals surface area contributed by atoms with Gasteiger partial charge in [-0.15, -0.1) is 0 Å². The first kappa shape index (κ1) is 24.2. The van der Waals surface area contributed by atoms with Crippen molar-refractivity contribution in [2.45, 2.75) is 26.4 Å². The molecule has 1 N–H and O–H groups in total. The molecule has 2 aromatic carbocycles. The second kappa shape index (κ2) is 10.5. The molecule has 0 aliphatic rings. The minimum Gasteiger partial charge on any atom is -0.375 e. The van der Waals surface area contributed by atoms with Crippen LogP contribution in [-0.2, 0) is 36.1 Å². The molecule has 0 spiro atoms. The van der Waals surface area contributed by atoms with Crippen LogP contribution in [0.15, 0.2) is 55.0 Å². The van der Waals surface area contributed by atoms with Crippen molar-refractivity contribution in [1.82, 2.24) is 24.2 Å². The number of carbonyl (C=O) groups is 2. The molecule has 182 valence electrons. The van der Waals surface area contributed by atoms with Gasteiger partial charge in [0.15, 0.2) is 0 Å². The molecule has 2 heterocycles. The normalized spacial score (nSPS) is 11.1. The Morgan fingerprint density at radius 3 is 2.63 bits per heavy atom. The second-order valence-corrected chi connectivity index (χ2v) is 8.62. The van der Waals surface area contributed by atoms with Crippen LogP contribution in [0.25, 0.3) is 11.0 Å². The number of hydrogen-bond donors (Lipinski definition) is 1. The number of nitrogens with zero attached hydrogens (tertiary/aromatic N) is 5. The molecule has 4 rings (SSSR count). The van der Waals surface area contributed by atoms with Crippen molar-refractivity contribution < 1.29 is 14.3 Å². The molecular weight excluding hydrogens is 444 g/mol. The van der Waals surface area contributed by atoms with Crippen LogP contribution in [0.1, 0.15) is 27.2 Å². The minimum atomic E-state index is -0.298. The van der Waals surface area contributed by atoms with Crippen LogP contribution < -0.4 is 5.32 Å². The van der Waals surface area contributed by atoms with Gasteiger partial charge in [-0.05, 0) is 31.0 Å². The predicted molar refractivity (Wildman–Crippen MR) is 134 cm³/mol. The van der Waals surface area contributed by atoms with Gasteiger partial charge in [0.2, 0.25) is 5.91 Å². The number of fused-ring (bicyclic) bond motifs is 1. The van der Waals surface area contributed by atoms with Crippen molar-refractivity contribution in [2.75, 3.05) is 26.1 Å². The average Bonchev–Trinajstić information content (AvgIpc) is 3.39. The van der Waals surface area contributed by atoms with Crippen LogP contribution in [0.4, 0.5) is 5.69 Å². The summed E-state index contributed by atoms with van der Waals surface area (Å²) < 4.78 is 8.66. The summed E-state index contributed by atoms with van der Waals surface area (Å²) in [6, 6.07) is 13.7. The number of rotatable bonds is 9. The maximum absolute atomic E-state index is 13.7. The van der Waals surface area contributed by atoms with Gasteiger partial charge in [-0.3, -0.25) is 14.3 Å². The van der Waals surface area contributed by atoms with E-state index in [1.54, 1.807) is 35.1 Å². The van der Waals surface area contributed by atoms with Crippen molar-refractivity contribution in [3.05, 3.63) is 77.4 Å². The molecule has 35 heavy (non-hydrogen) atoms. The van der Waals surface area contributed by atoms with E-state index in [0.717, 1.165) is 23.2 Å². The molecule has 0 saturated heterocycles. The zero-order valence-electron chi connectivity index (χ0n) is 20.5. The third-order valence-corrected chi connectivity index (χ3v) is 5.86. The maximum Gasteiger partial charge on any atom is 0.256 e. The highest BCUT2D eigenvalue weighted by molar-refractivity contribution is 6.07. The average molecular weight is 475 g/mol. The Morgan fingerprint density at radius 2 is 1.94 bits per heavy atom. The van der Waals surface area contributed by atoms with Crippen molar-refractivity contribution in [2.24, 2.45) is 7.05 Å². The van der Waals surface area contributed by atoms with Gasteiger partial charge in [0.25, 0.3) is 5.91 Å². The number of benzene rings is 2. The fourth-order valence-electron chi connectivity index (χ4n) is 4.17. The van der Waals surface area contributed by atoms with Gasteiger partial charge < -0.3 is 19.5 Å². The second-order valence-electron chi connectivity index (χ2n) is 8.62. The molecule has 0 atom stereocenters. The van der Waals surface area contributed by atoms with E-state index < -0.39 is 0 Å². The Hall–Kier alpha value is -3.98. The lowest BCUT2D eigenvalue weighted by molar-refractivity contribution is -0.119. The van der Waals surface area contributed by atoms with Crippen LogP contribution >= 0.6 is 0 Å². The van der Waals surface area contributed by atoms with Crippen molar-refractivity contribution in [3.63, 3.8) is 0 Å². The zero-order valence-corrected chi connectivity index (χ0v) is 20.5. The van der Waals surface area contributed by atoms with E-state index in [-0.39, 0.29) is 18.4 Å². The molecule has 9 heteroatoms. The number of aryl methyl sites for hydroxylation is 4. The summed E-state index contributed by atoms with van der Waals surface area (Å²) in [4.78, 5) is 32.0. The van der Waals surface area contributed by atoms with E-state index in [1.807, 2.05) is 42.9 Å². The number of methoxy groups -OCH3 is 1. The number of anilines is 1. The topological polar surface area (TPSA) is 94.3 Å². The highest BCUT2D eigenvalue weighted by Gasteiger charge is 2.21. The molecular formula is C26H30N6O3. The molecule has 2 amide bonds. The number of amides is 2. The Bertz CT molecular complexity index is 1340. The smallest absolute Gasteiger partial charge is 0.256 e. The first-order valence-electron chi connectivity index (χ1n) is 11.4. The third-order valence-electron chi connectivity index (χ3n) is 5.86. The summed E-state index contributed by atoms with van der Waals surface area (Å²) in [7, 11) is 5.09. The van der Waals surface area contributed by atoms with E-state index in [1.165, 1.54) is 12.7 Å². The van der Waals surface area contributed by atoms with E-state index in [4.69, 9.17) is 4.74 Å². The Kier molecular flexibility index (Phi) is 7.26. The Morgan fingerprint density at radius 1 is 1.17 bits per heavy atom. The molecule has 0 unspecified atom stereocenters. The minimum absolute atomic E-state index is 0.0764. The van der Waals surface area contributed by atoms with Crippen LogP contribution in [0.2, 0.25) is 0 Å². The number of hydrogen-bond acceptors (Lipinski definition) is 5. The molecule has 0 fully saturated rings. The molecule has 0 bridgehead atoms. The lowest BCUT2D eigenvalue weighted by atomic mass is 10.1. The van der Waals surface area contributed by atoms with E-state index in [2.05, 4.69) is 27.5 Å². The highest BCUT2D eigenvalue weighted by atomic mass is 16.5. The molecule has 0 radical (unpaired) electrons. The summed E-state index contributed by atoms with van der Waals surface area (Å²) in [5.41, 5.74) is 5.42. The van der Waals surface area contributed by atoms with Gasteiger partial charge in [-0.2, -0.15) is 5.10 Å². The summed E-state index contributed by atoms with van der Waals surface area (Å²) in [6.45, 7) is 2.93. The van der Waals surface area contributed by atoms with Crippen molar-refractivity contribution in [1.29, 1.82) is 0 Å². The zero-order chi connectivity index (χ0) is 24.9. The van der Waals surface area contributed by atoms with Gasteiger partial charge >= 0.3 is 0 Å². The number of nitrogens with one attached hydrogen (secondary N) is 1. The molecule has 0 aliphatic heterocycles. The van der Waals surface area contributed by atoms with Gasteiger partial charge in [-0.1, -0.05) is 30.3 Å². The predicted octanol–water partition coefficient (Wildman–Crippen LogP) is 3.18. The summed E-state index contributed by atoms with van der Waals surface area (Å²) in [5.74, 6) is -0.462. The van der Waals surface area contributed by atoms with Gasteiger partial charge in [-0.25, -0.2) is 4.98 Å². The van der Waals surface area contributed by atoms with Crippen LogP contribution in [0.3, 0.4) is 0 Å². The van der Waals surface area contributed by atoms with E-state index in [0.29, 0.717) is 29.9 Å².